The van der Waals surface area contributed by atoms with Crippen molar-refractivity contribution in [1.82, 2.24) is 15.2 Å². The summed E-state index contributed by atoms with van der Waals surface area (Å²) in [5.41, 5.74) is 1.23. The number of rotatable bonds is 3. The van der Waals surface area contributed by atoms with Crippen molar-refractivity contribution in [2.75, 3.05) is 19.7 Å². The van der Waals surface area contributed by atoms with Crippen molar-refractivity contribution in [1.29, 1.82) is 0 Å². The first-order chi connectivity index (χ1) is 7.79. The molecule has 4 nitrogen and oxygen atoms in total. The quantitative estimate of drug-likeness (QED) is 0.767. The molecule has 1 saturated heterocycles. The van der Waals surface area contributed by atoms with Crippen LogP contribution in [-0.4, -0.2) is 46.8 Å². The monoisotopic (exact) mass is 221 g/mol. The summed E-state index contributed by atoms with van der Waals surface area (Å²) in [6.07, 6.45) is 3.70. The van der Waals surface area contributed by atoms with Crippen LogP contribution in [0.15, 0.2) is 24.5 Å². The number of nitrogens with one attached hydrogen (secondary N) is 1. The second-order valence-corrected chi connectivity index (χ2v) is 4.43. The minimum absolute atomic E-state index is 0.202. The molecule has 1 fully saturated rings. The Bertz CT molecular complexity index is 317. The molecule has 2 atom stereocenters. The van der Waals surface area contributed by atoms with Gasteiger partial charge in [-0.05, 0) is 18.6 Å². The summed E-state index contributed by atoms with van der Waals surface area (Å²) in [4.78, 5) is 6.51. The predicted octanol–water partition coefficient (Wildman–Crippen LogP) is 0.236. The second kappa shape index (κ2) is 5.39. The number of piperazine rings is 1. The summed E-state index contributed by atoms with van der Waals surface area (Å²) < 4.78 is 0. The van der Waals surface area contributed by atoms with E-state index >= 15 is 0 Å². The minimum Gasteiger partial charge on any atom is -0.395 e. The Kier molecular flexibility index (Phi) is 3.88. The van der Waals surface area contributed by atoms with E-state index in [0.29, 0.717) is 6.04 Å². The number of aliphatic hydroxyl groups is 1. The first kappa shape index (κ1) is 11.5. The minimum atomic E-state index is 0.202. The van der Waals surface area contributed by atoms with Crippen molar-refractivity contribution in [3.05, 3.63) is 30.1 Å². The van der Waals surface area contributed by atoms with Crippen molar-refractivity contribution >= 4 is 0 Å². The fourth-order valence-electron chi connectivity index (χ4n) is 2.06. The van der Waals surface area contributed by atoms with Crippen LogP contribution < -0.4 is 5.32 Å². The third-order valence-corrected chi connectivity index (χ3v) is 3.11. The van der Waals surface area contributed by atoms with Crippen LogP contribution in [0.2, 0.25) is 0 Å². The van der Waals surface area contributed by atoms with Gasteiger partial charge in [0.25, 0.3) is 0 Å². The summed E-state index contributed by atoms with van der Waals surface area (Å²) in [5, 5.41) is 12.5. The van der Waals surface area contributed by atoms with Crippen LogP contribution in [0.25, 0.3) is 0 Å². The maximum atomic E-state index is 9.16. The molecule has 0 saturated carbocycles. The van der Waals surface area contributed by atoms with Gasteiger partial charge >= 0.3 is 0 Å². The Morgan fingerprint density at radius 3 is 3.19 bits per heavy atom. The maximum absolute atomic E-state index is 9.16. The molecule has 0 amide bonds. The Morgan fingerprint density at radius 1 is 1.62 bits per heavy atom. The molecule has 2 N–H and O–H groups in total. The van der Waals surface area contributed by atoms with Crippen molar-refractivity contribution in [3.8, 4) is 0 Å². The van der Waals surface area contributed by atoms with Gasteiger partial charge in [0.05, 0.1) is 6.61 Å². The third kappa shape index (κ3) is 2.78. The number of pyridine rings is 1. The fourth-order valence-corrected chi connectivity index (χ4v) is 2.06. The van der Waals surface area contributed by atoms with Crippen molar-refractivity contribution in [2.45, 2.75) is 25.6 Å². The molecule has 4 heteroatoms. The molecule has 1 aromatic rings. The fraction of sp³-hybridized carbons (Fsp3) is 0.583. The van der Waals surface area contributed by atoms with Gasteiger partial charge in [0.1, 0.15) is 0 Å². The van der Waals surface area contributed by atoms with Crippen LogP contribution >= 0.6 is 0 Å². The van der Waals surface area contributed by atoms with Crippen LogP contribution in [0, 0.1) is 0 Å². The highest BCUT2D eigenvalue weighted by Gasteiger charge is 2.24. The first-order valence-corrected chi connectivity index (χ1v) is 5.77. The summed E-state index contributed by atoms with van der Waals surface area (Å²) >= 11 is 0. The average molecular weight is 221 g/mol. The molecular weight excluding hydrogens is 202 g/mol. The van der Waals surface area contributed by atoms with Gasteiger partial charge in [0.2, 0.25) is 0 Å². The molecule has 16 heavy (non-hydrogen) atoms. The van der Waals surface area contributed by atoms with Gasteiger partial charge in [-0.25, -0.2) is 0 Å². The molecule has 1 aliphatic rings. The molecule has 1 aliphatic heterocycles. The molecular formula is C12H19N3O. The average Bonchev–Trinajstić information content (AvgIpc) is 2.33. The zero-order valence-corrected chi connectivity index (χ0v) is 9.63. The molecule has 2 unspecified atom stereocenters. The second-order valence-electron chi connectivity index (χ2n) is 4.43. The van der Waals surface area contributed by atoms with E-state index in [0.717, 1.165) is 19.6 Å². The van der Waals surface area contributed by atoms with E-state index in [9.17, 15) is 0 Å². The Labute approximate surface area is 96.3 Å². The highest BCUT2D eigenvalue weighted by molar-refractivity contribution is 5.08. The number of aliphatic hydroxyl groups excluding tert-OH is 1. The lowest BCUT2D eigenvalue weighted by Gasteiger charge is -2.38. The van der Waals surface area contributed by atoms with Gasteiger partial charge < -0.3 is 10.4 Å². The Balaban J connectivity index is 1.97. The van der Waals surface area contributed by atoms with Crippen LogP contribution in [-0.2, 0) is 6.54 Å². The summed E-state index contributed by atoms with van der Waals surface area (Å²) in [6, 6.07) is 4.76. The smallest absolute Gasteiger partial charge is 0.0597 e. The molecule has 1 aromatic heterocycles. The van der Waals surface area contributed by atoms with E-state index in [1.807, 2.05) is 12.3 Å². The molecule has 0 aliphatic carbocycles. The molecule has 88 valence electrons. The van der Waals surface area contributed by atoms with Gasteiger partial charge in [-0.2, -0.15) is 0 Å². The number of aromatic nitrogens is 1. The maximum Gasteiger partial charge on any atom is 0.0597 e. The largest absolute Gasteiger partial charge is 0.395 e. The Morgan fingerprint density at radius 2 is 2.50 bits per heavy atom. The molecule has 0 bridgehead atoms. The summed E-state index contributed by atoms with van der Waals surface area (Å²) in [5.74, 6) is 0. The van der Waals surface area contributed by atoms with Gasteiger partial charge in [0, 0.05) is 44.1 Å². The lowest BCUT2D eigenvalue weighted by atomic mass is 10.1. The molecule has 0 aromatic carbocycles. The van der Waals surface area contributed by atoms with E-state index in [4.69, 9.17) is 5.11 Å². The van der Waals surface area contributed by atoms with Gasteiger partial charge in [-0.3, -0.25) is 9.88 Å². The lowest BCUT2D eigenvalue weighted by molar-refractivity contribution is 0.103. The molecule has 2 rings (SSSR count). The normalized spacial score (nSPS) is 26.9. The van der Waals surface area contributed by atoms with Crippen molar-refractivity contribution in [3.63, 3.8) is 0 Å². The van der Waals surface area contributed by atoms with Gasteiger partial charge in [0.15, 0.2) is 0 Å². The topological polar surface area (TPSA) is 48.4 Å². The summed E-state index contributed by atoms with van der Waals surface area (Å²) in [7, 11) is 0. The number of nitrogens with zero attached hydrogens (tertiary/aromatic N) is 2. The zero-order valence-electron chi connectivity index (χ0n) is 9.63. The Hall–Kier alpha value is -0.970. The van der Waals surface area contributed by atoms with E-state index in [2.05, 4.69) is 28.2 Å². The third-order valence-electron chi connectivity index (χ3n) is 3.11. The number of hydrogen-bond donors (Lipinski definition) is 2. The van der Waals surface area contributed by atoms with E-state index in [1.54, 1.807) is 6.20 Å². The van der Waals surface area contributed by atoms with Crippen LogP contribution in [0.5, 0.6) is 0 Å². The van der Waals surface area contributed by atoms with Gasteiger partial charge in [-0.15, -0.1) is 0 Å². The standard InChI is InChI=1S/C12H19N3O/c1-10-5-14-12(9-16)8-15(10)7-11-3-2-4-13-6-11/h2-4,6,10,12,14,16H,5,7-9H2,1H3. The SMILES string of the molecule is CC1CNC(CO)CN1Cc1cccnc1. The molecule has 2 heterocycles. The molecule has 0 spiro atoms. The lowest BCUT2D eigenvalue weighted by Crippen LogP contribution is -2.56. The van der Waals surface area contributed by atoms with E-state index in [-0.39, 0.29) is 12.6 Å². The van der Waals surface area contributed by atoms with Crippen molar-refractivity contribution < 1.29 is 5.11 Å². The van der Waals surface area contributed by atoms with Crippen LogP contribution in [0.3, 0.4) is 0 Å². The van der Waals surface area contributed by atoms with E-state index < -0.39 is 0 Å². The van der Waals surface area contributed by atoms with Crippen LogP contribution in [0.4, 0.5) is 0 Å². The predicted molar refractivity (Wildman–Crippen MR) is 63.0 cm³/mol. The highest BCUT2D eigenvalue weighted by atomic mass is 16.3. The summed E-state index contributed by atoms with van der Waals surface area (Å²) in [6.45, 7) is 5.15. The first-order valence-electron chi connectivity index (χ1n) is 5.77. The van der Waals surface area contributed by atoms with Crippen molar-refractivity contribution in [2.24, 2.45) is 0 Å². The molecule has 0 radical (unpaired) electrons. The van der Waals surface area contributed by atoms with Gasteiger partial charge in [-0.1, -0.05) is 6.07 Å². The van der Waals surface area contributed by atoms with Crippen LogP contribution in [0.1, 0.15) is 12.5 Å². The highest BCUT2D eigenvalue weighted by Crippen LogP contribution is 2.11. The zero-order chi connectivity index (χ0) is 11.4. The number of hydrogen-bond acceptors (Lipinski definition) is 4. The van der Waals surface area contributed by atoms with E-state index in [1.165, 1.54) is 5.56 Å².